The molecule has 0 aromatic heterocycles. The first kappa shape index (κ1) is 15.0. The summed E-state index contributed by atoms with van der Waals surface area (Å²) in [5, 5.41) is 0. The van der Waals surface area contributed by atoms with E-state index in [1.165, 1.54) is 6.92 Å². The van der Waals surface area contributed by atoms with Crippen LogP contribution >= 0.6 is 0 Å². The highest BCUT2D eigenvalue weighted by Gasteiger charge is 2.63. The number of carbonyl (C=O) groups is 5. The minimum Gasteiger partial charge on any atom is -0.463 e. The van der Waals surface area contributed by atoms with E-state index in [-0.39, 0.29) is 6.61 Å². The van der Waals surface area contributed by atoms with Gasteiger partial charge in [-0.2, -0.15) is 0 Å². The predicted molar refractivity (Wildman–Crippen MR) is 59.9 cm³/mol. The van der Waals surface area contributed by atoms with E-state index in [4.69, 9.17) is 9.47 Å². The molecule has 0 bridgehead atoms. The molecule has 1 saturated heterocycles. The summed E-state index contributed by atoms with van der Waals surface area (Å²) in [6.07, 6.45) is -0.562. The molecule has 7 nitrogen and oxygen atoms in total. The van der Waals surface area contributed by atoms with Crippen LogP contribution in [-0.2, 0) is 33.4 Å². The number of ether oxygens (including phenoxy) is 2. The molecule has 0 amide bonds. The standard InChI is InChI=1S/C12H14O7/c1-4-18-11(17)12(5-6(2)13)8(7(3)14)9(15)10(16)19-12/h8H,4-5H2,1-3H3. The van der Waals surface area contributed by atoms with Crippen molar-refractivity contribution < 1.29 is 33.4 Å². The third kappa shape index (κ3) is 2.54. The van der Waals surface area contributed by atoms with Crippen molar-refractivity contribution in [1.82, 2.24) is 0 Å². The van der Waals surface area contributed by atoms with Gasteiger partial charge in [0, 0.05) is 0 Å². The average Bonchev–Trinajstić information content (AvgIpc) is 2.51. The molecule has 1 heterocycles. The van der Waals surface area contributed by atoms with E-state index < -0.39 is 47.2 Å². The van der Waals surface area contributed by atoms with E-state index in [1.807, 2.05) is 0 Å². The second-order valence-corrected chi connectivity index (χ2v) is 4.29. The lowest BCUT2D eigenvalue weighted by Crippen LogP contribution is -2.50. The van der Waals surface area contributed by atoms with Gasteiger partial charge >= 0.3 is 11.9 Å². The molecule has 19 heavy (non-hydrogen) atoms. The van der Waals surface area contributed by atoms with Crippen molar-refractivity contribution in [2.24, 2.45) is 5.92 Å². The zero-order chi connectivity index (χ0) is 14.8. The molecule has 1 aliphatic heterocycles. The first-order valence-corrected chi connectivity index (χ1v) is 5.70. The molecule has 2 unspecified atom stereocenters. The highest BCUT2D eigenvalue weighted by molar-refractivity contribution is 6.42. The van der Waals surface area contributed by atoms with Gasteiger partial charge in [-0.25, -0.2) is 9.59 Å². The molecule has 2 atom stereocenters. The first-order valence-electron chi connectivity index (χ1n) is 5.70. The molecule has 0 aromatic carbocycles. The molecule has 1 rings (SSSR count). The molecule has 0 saturated carbocycles. The van der Waals surface area contributed by atoms with Crippen LogP contribution in [0.3, 0.4) is 0 Å². The Morgan fingerprint density at radius 1 is 1.26 bits per heavy atom. The summed E-state index contributed by atoms with van der Waals surface area (Å²) in [4.78, 5) is 57.8. The van der Waals surface area contributed by atoms with Gasteiger partial charge in [0.2, 0.25) is 5.60 Å². The number of carbonyl (C=O) groups excluding carboxylic acids is 5. The summed E-state index contributed by atoms with van der Waals surface area (Å²) in [6, 6.07) is 0. The van der Waals surface area contributed by atoms with Crippen molar-refractivity contribution in [3.8, 4) is 0 Å². The molecule has 104 valence electrons. The molecule has 0 N–H and O–H groups in total. The quantitative estimate of drug-likeness (QED) is 0.380. The third-order valence-corrected chi connectivity index (χ3v) is 2.74. The number of ketones is 3. The zero-order valence-electron chi connectivity index (χ0n) is 10.8. The summed E-state index contributed by atoms with van der Waals surface area (Å²) in [5.41, 5.74) is -2.15. The van der Waals surface area contributed by atoms with Crippen LogP contribution in [0.4, 0.5) is 0 Å². The fourth-order valence-corrected chi connectivity index (χ4v) is 2.11. The van der Waals surface area contributed by atoms with Crippen molar-refractivity contribution in [1.29, 1.82) is 0 Å². The van der Waals surface area contributed by atoms with Crippen molar-refractivity contribution >= 4 is 29.3 Å². The van der Waals surface area contributed by atoms with Crippen molar-refractivity contribution in [2.45, 2.75) is 32.8 Å². The van der Waals surface area contributed by atoms with Crippen molar-refractivity contribution in [3.05, 3.63) is 0 Å². The van der Waals surface area contributed by atoms with E-state index in [9.17, 15) is 24.0 Å². The molecule has 1 aliphatic rings. The second kappa shape index (κ2) is 5.29. The molecule has 7 heteroatoms. The van der Waals surface area contributed by atoms with Gasteiger partial charge in [-0.05, 0) is 20.8 Å². The van der Waals surface area contributed by atoms with Crippen LogP contribution < -0.4 is 0 Å². The summed E-state index contributed by atoms with van der Waals surface area (Å²) in [5.74, 6) is -6.31. The van der Waals surface area contributed by atoms with Crippen LogP contribution in [-0.4, -0.2) is 41.5 Å². The van der Waals surface area contributed by atoms with Crippen LogP contribution in [0.1, 0.15) is 27.2 Å². The SMILES string of the molecule is CCOC(=O)C1(CC(C)=O)OC(=O)C(=O)C1C(C)=O. The summed E-state index contributed by atoms with van der Waals surface area (Å²) in [6.45, 7) is 3.70. The first-order chi connectivity index (χ1) is 8.76. The Bertz CT molecular complexity index is 465. The van der Waals surface area contributed by atoms with Crippen molar-refractivity contribution in [2.75, 3.05) is 6.61 Å². The summed E-state index contributed by atoms with van der Waals surface area (Å²) in [7, 11) is 0. The Kier molecular flexibility index (Phi) is 4.18. The van der Waals surface area contributed by atoms with E-state index in [1.54, 1.807) is 0 Å². The Balaban J connectivity index is 3.32. The monoisotopic (exact) mass is 270 g/mol. The number of hydrogen-bond donors (Lipinski definition) is 0. The number of Topliss-reactive ketones (excluding diaryl/α,β-unsaturated/α-hetero) is 3. The van der Waals surface area contributed by atoms with Gasteiger partial charge in [-0.3, -0.25) is 14.4 Å². The Hall–Kier alpha value is -2.05. The summed E-state index contributed by atoms with van der Waals surface area (Å²) < 4.78 is 9.49. The van der Waals surface area contributed by atoms with E-state index in [2.05, 4.69) is 0 Å². The minimum atomic E-state index is -2.15. The topological polar surface area (TPSA) is 104 Å². The number of cyclic esters (lactones) is 1. The fourth-order valence-electron chi connectivity index (χ4n) is 2.11. The predicted octanol–water partition coefficient (Wildman–Crippen LogP) is -0.402. The molecule has 0 spiro atoms. The van der Waals surface area contributed by atoms with Crippen LogP contribution in [0.15, 0.2) is 0 Å². The highest BCUT2D eigenvalue weighted by atomic mass is 16.6. The highest BCUT2D eigenvalue weighted by Crippen LogP contribution is 2.36. The van der Waals surface area contributed by atoms with E-state index >= 15 is 0 Å². The summed E-state index contributed by atoms with van der Waals surface area (Å²) >= 11 is 0. The molecular weight excluding hydrogens is 256 g/mol. The van der Waals surface area contributed by atoms with Crippen LogP contribution in [0.25, 0.3) is 0 Å². The maximum absolute atomic E-state index is 12.0. The normalized spacial score (nSPS) is 25.9. The maximum Gasteiger partial charge on any atom is 0.376 e. The van der Waals surface area contributed by atoms with Crippen molar-refractivity contribution in [3.63, 3.8) is 0 Å². The van der Waals surface area contributed by atoms with E-state index in [0.29, 0.717) is 0 Å². The second-order valence-electron chi connectivity index (χ2n) is 4.29. The van der Waals surface area contributed by atoms with Gasteiger partial charge in [-0.15, -0.1) is 0 Å². The van der Waals surface area contributed by atoms with Crippen LogP contribution in [0, 0.1) is 5.92 Å². The molecular formula is C12H14O7. The Morgan fingerprint density at radius 3 is 2.26 bits per heavy atom. The smallest absolute Gasteiger partial charge is 0.376 e. The molecule has 0 radical (unpaired) electrons. The lowest BCUT2D eigenvalue weighted by atomic mass is 9.80. The van der Waals surface area contributed by atoms with Gasteiger partial charge in [0.05, 0.1) is 13.0 Å². The largest absolute Gasteiger partial charge is 0.463 e. The molecule has 1 fully saturated rings. The van der Waals surface area contributed by atoms with Gasteiger partial charge in [-0.1, -0.05) is 0 Å². The number of hydrogen-bond acceptors (Lipinski definition) is 7. The Labute approximate surface area is 109 Å². The van der Waals surface area contributed by atoms with Gasteiger partial charge in [0.25, 0.3) is 5.78 Å². The third-order valence-electron chi connectivity index (χ3n) is 2.74. The van der Waals surface area contributed by atoms with Crippen LogP contribution in [0.2, 0.25) is 0 Å². The molecule has 0 aliphatic carbocycles. The maximum atomic E-state index is 12.0. The van der Waals surface area contributed by atoms with Crippen LogP contribution in [0.5, 0.6) is 0 Å². The van der Waals surface area contributed by atoms with E-state index in [0.717, 1.165) is 13.8 Å². The van der Waals surface area contributed by atoms with Gasteiger partial charge in [0.1, 0.15) is 17.5 Å². The Morgan fingerprint density at radius 2 is 1.84 bits per heavy atom. The number of esters is 2. The zero-order valence-corrected chi connectivity index (χ0v) is 10.8. The minimum absolute atomic E-state index is 0.0329. The fraction of sp³-hybridized carbons (Fsp3) is 0.583. The lowest BCUT2D eigenvalue weighted by molar-refractivity contribution is -0.179. The van der Waals surface area contributed by atoms with Gasteiger partial charge in [0.15, 0.2) is 0 Å². The molecule has 0 aromatic rings. The van der Waals surface area contributed by atoms with Gasteiger partial charge < -0.3 is 9.47 Å². The number of rotatable bonds is 5. The average molecular weight is 270 g/mol. The lowest BCUT2D eigenvalue weighted by Gasteiger charge is -2.27.